The van der Waals surface area contributed by atoms with Gasteiger partial charge in [-0.25, -0.2) is 4.79 Å². The molecule has 0 atom stereocenters. The minimum atomic E-state index is -0.303. The molecule has 0 unspecified atom stereocenters. The lowest BCUT2D eigenvalue weighted by molar-refractivity contribution is -0.133. The predicted molar refractivity (Wildman–Crippen MR) is 92.9 cm³/mol. The Bertz CT molecular complexity index is 553. The van der Waals surface area contributed by atoms with E-state index < -0.39 is 0 Å². The number of piperazine rings is 1. The summed E-state index contributed by atoms with van der Waals surface area (Å²) in [4.78, 5) is 27.3. The van der Waals surface area contributed by atoms with E-state index in [0.29, 0.717) is 52.2 Å². The van der Waals surface area contributed by atoms with Crippen molar-refractivity contribution < 1.29 is 23.8 Å². The number of amides is 2. The molecule has 7 heteroatoms. The first-order valence-corrected chi connectivity index (χ1v) is 8.60. The SMILES string of the molecule is CCOC(=O)N1CCN(C(=O)CCCOc2ccc(OC)cc2)CC1. The average molecular weight is 350 g/mol. The summed E-state index contributed by atoms with van der Waals surface area (Å²) in [5.41, 5.74) is 0. The van der Waals surface area contributed by atoms with Crippen LogP contribution in [0.2, 0.25) is 0 Å². The summed E-state index contributed by atoms with van der Waals surface area (Å²) >= 11 is 0. The molecule has 0 aromatic heterocycles. The highest BCUT2D eigenvalue weighted by atomic mass is 16.6. The van der Waals surface area contributed by atoms with Crippen molar-refractivity contribution in [1.29, 1.82) is 0 Å². The van der Waals surface area contributed by atoms with E-state index in [1.54, 1.807) is 23.8 Å². The fourth-order valence-electron chi connectivity index (χ4n) is 2.60. The zero-order valence-electron chi connectivity index (χ0n) is 14.9. The number of nitrogens with zero attached hydrogens (tertiary/aromatic N) is 2. The fraction of sp³-hybridized carbons (Fsp3) is 0.556. The standard InChI is InChI=1S/C18H26N2O5/c1-3-24-18(22)20-12-10-19(11-13-20)17(21)5-4-14-25-16-8-6-15(23-2)7-9-16/h6-9H,3-5,10-14H2,1-2H3. The third-order valence-electron chi connectivity index (χ3n) is 4.02. The molecule has 2 amide bonds. The van der Waals surface area contributed by atoms with Crippen LogP contribution in [0.3, 0.4) is 0 Å². The molecule has 7 nitrogen and oxygen atoms in total. The zero-order chi connectivity index (χ0) is 18.1. The molecule has 1 aliphatic rings. The highest BCUT2D eigenvalue weighted by Crippen LogP contribution is 2.17. The van der Waals surface area contributed by atoms with Crippen LogP contribution in [0.4, 0.5) is 4.79 Å². The lowest BCUT2D eigenvalue weighted by atomic mass is 10.2. The van der Waals surface area contributed by atoms with Crippen molar-refractivity contribution in [3.63, 3.8) is 0 Å². The number of ether oxygens (including phenoxy) is 3. The van der Waals surface area contributed by atoms with E-state index in [-0.39, 0.29) is 12.0 Å². The maximum atomic E-state index is 12.2. The summed E-state index contributed by atoms with van der Waals surface area (Å²) in [6.07, 6.45) is 0.792. The van der Waals surface area contributed by atoms with Gasteiger partial charge in [-0.3, -0.25) is 4.79 Å². The van der Waals surface area contributed by atoms with Gasteiger partial charge in [0.15, 0.2) is 0 Å². The van der Waals surface area contributed by atoms with Gasteiger partial charge in [-0.05, 0) is 37.6 Å². The lowest BCUT2D eigenvalue weighted by Gasteiger charge is -2.34. The van der Waals surface area contributed by atoms with Gasteiger partial charge in [0.05, 0.1) is 20.3 Å². The highest BCUT2D eigenvalue weighted by molar-refractivity contribution is 5.76. The summed E-state index contributed by atoms with van der Waals surface area (Å²) in [6.45, 7) is 4.78. The topological polar surface area (TPSA) is 68.3 Å². The van der Waals surface area contributed by atoms with Crippen LogP contribution in [0.15, 0.2) is 24.3 Å². The molecular weight excluding hydrogens is 324 g/mol. The number of hydrogen-bond acceptors (Lipinski definition) is 5. The van der Waals surface area contributed by atoms with Crippen molar-refractivity contribution >= 4 is 12.0 Å². The molecule has 1 aromatic carbocycles. The molecule has 1 aliphatic heterocycles. The molecule has 0 N–H and O–H groups in total. The normalized spacial score (nSPS) is 14.2. The summed E-state index contributed by atoms with van der Waals surface area (Å²) < 4.78 is 15.7. The maximum absolute atomic E-state index is 12.2. The van der Waals surface area contributed by atoms with Gasteiger partial charge >= 0.3 is 6.09 Å². The molecule has 0 saturated carbocycles. The summed E-state index contributed by atoms with van der Waals surface area (Å²) in [5, 5.41) is 0. The monoisotopic (exact) mass is 350 g/mol. The Hall–Kier alpha value is -2.44. The van der Waals surface area contributed by atoms with Gasteiger partial charge in [0, 0.05) is 32.6 Å². The number of hydrogen-bond donors (Lipinski definition) is 0. The fourth-order valence-corrected chi connectivity index (χ4v) is 2.60. The van der Waals surface area contributed by atoms with Gasteiger partial charge in [-0.15, -0.1) is 0 Å². The van der Waals surface area contributed by atoms with E-state index in [2.05, 4.69) is 0 Å². The molecule has 2 rings (SSSR count). The van der Waals surface area contributed by atoms with E-state index in [9.17, 15) is 9.59 Å². The Morgan fingerprint density at radius 3 is 2.20 bits per heavy atom. The van der Waals surface area contributed by atoms with Crippen molar-refractivity contribution in [2.45, 2.75) is 19.8 Å². The second kappa shape index (κ2) is 9.76. The van der Waals surface area contributed by atoms with Crippen LogP contribution >= 0.6 is 0 Å². The van der Waals surface area contributed by atoms with E-state index >= 15 is 0 Å². The van der Waals surface area contributed by atoms with Crippen molar-refractivity contribution in [3.05, 3.63) is 24.3 Å². The highest BCUT2D eigenvalue weighted by Gasteiger charge is 2.24. The predicted octanol–water partition coefficient (Wildman–Crippen LogP) is 2.15. The van der Waals surface area contributed by atoms with E-state index in [4.69, 9.17) is 14.2 Å². The molecule has 1 fully saturated rings. The lowest BCUT2D eigenvalue weighted by Crippen LogP contribution is -2.50. The first-order valence-electron chi connectivity index (χ1n) is 8.60. The molecular formula is C18H26N2O5. The molecule has 0 radical (unpaired) electrons. The quantitative estimate of drug-likeness (QED) is 0.705. The molecule has 0 spiro atoms. The van der Waals surface area contributed by atoms with Gasteiger partial charge in [-0.2, -0.15) is 0 Å². The van der Waals surface area contributed by atoms with Crippen LogP contribution in [0.1, 0.15) is 19.8 Å². The van der Waals surface area contributed by atoms with Crippen molar-refractivity contribution in [2.75, 3.05) is 46.5 Å². The van der Waals surface area contributed by atoms with Crippen LogP contribution in [-0.2, 0) is 9.53 Å². The van der Waals surface area contributed by atoms with Gasteiger partial charge < -0.3 is 24.0 Å². The Kier molecular flexibility index (Phi) is 7.37. The van der Waals surface area contributed by atoms with Crippen LogP contribution in [0.5, 0.6) is 11.5 Å². The number of carbonyl (C=O) groups is 2. The molecule has 1 saturated heterocycles. The molecule has 1 aromatic rings. The maximum Gasteiger partial charge on any atom is 0.409 e. The van der Waals surface area contributed by atoms with Gasteiger partial charge in [0.1, 0.15) is 11.5 Å². The van der Waals surface area contributed by atoms with E-state index in [1.807, 2.05) is 24.3 Å². The van der Waals surface area contributed by atoms with Gasteiger partial charge in [0.2, 0.25) is 5.91 Å². The van der Waals surface area contributed by atoms with Crippen LogP contribution in [0.25, 0.3) is 0 Å². The van der Waals surface area contributed by atoms with Crippen LogP contribution < -0.4 is 9.47 Å². The first kappa shape index (κ1) is 18.9. The van der Waals surface area contributed by atoms with Crippen LogP contribution in [0, 0.1) is 0 Å². The van der Waals surface area contributed by atoms with Crippen LogP contribution in [-0.4, -0.2) is 68.3 Å². The Morgan fingerprint density at radius 2 is 1.60 bits per heavy atom. The number of rotatable bonds is 7. The smallest absolute Gasteiger partial charge is 0.409 e. The third-order valence-corrected chi connectivity index (χ3v) is 4.02. The largest absolute Gasteiger partial charge is 0.497 e. The summed E-state index contributed by atoms with van der Waals surface area (Å²) in [7, 11) is 1.62. The molecule has 138 valence electrons. The minimum absolute atomic E-state index is 0.0989. The molecule has 0 bridgehead atoms. The van der Waals surface area contributed by atoms with Gasteiger partial charge in [-0.1, -0.05) is 0 Å². The van der Waals surface area contributed by atoms with Gasteiger partial charge in [0.25, 0.3) is 0 Å². The summed E-state index contributed by atoms with van der Waals surface area (Å²) in [5.74, 6) is 1.64. The number of methoxy groups -OCH3 is 1. The first-order chi connectivity index (χ1) is 12.1. The second-order valence-corrected chi connectivity index (χ2v) is 5.69. The van der Waals surface area contributed by atoms with Crippen molar-refractivity contribution in [3.8, 4) is 11.5 Å². The zero-order valence-corrected chi connectivity index (χ0v) is 14.9. The number of carbonyl (C=O) groups excluding carboxylic acids is 2. The molecule has 1 heterocycles. The average Bonchev–Trinajstić information content (AvgIpc) is 2.66. The molecule has 25 heavy (non-hydrogen) atoms. The van der Waals surface area contributed by atoms with Crippen molar-refractivity contribution in [1.82, 2.24) is 9.80 Å². The van der Waals surface area contributed by atoms with E-state index in [1.165, 1.54) is 0 Å². The second-order valence-electron chi connectivity index (χ2n) is 5.69. The van der Waals surface area contributed by atoms with E-state index in [0.717, 1.165) is 11.5 Å². The Balaban J connectivity index is 1.63. The molecule has 0 aliphatic carbocycles. The Morgan fingerprint density at radius 1 is 1.00 bits per heavy atom. The summed E-state index contributed by atoms with van der Waals surface area (Å²) in [6, 6.07) is 7.36. The number of benzene rings is 1. The Labute approximate surface area is 148 Å². The third kappa shape index (κ3) is 5.85. The minimum Gasteiger partial charge on any atom is -0.497 e. The van der Waals surface area contributed by atoms with Crippen molar-refractivity contribution in [2.24, 2.45) is 0 Å².